The Morgan fingerprint density at radius 1 is 1.30 bits per heavy atom. The van der Waals surface area contributed by atoms with Crippen LogP contribution in [0.15, 0.2) is 0 Å². The molecule has 1 saturated heterocycles. The van der Waals surface area contributed by atoms with Crippen molar-refractivity contribution in [1.82, 2.24) is 10.2 Å². The van der Waals surface area contributed by atoms with Crippen LogP contribution in [0.25, 0.3) is 0 Å². The van der Waals surface area contributed by atoms with Gasteiger partial charge in [-0.2, -0.15) is 0 Å². The molecule has 20 heavy (non-hydrogen) atoms. The monoisotopic (exact) mass is 283 g/mol. The SMILES string of the molecule is CC(C)(N)CNC(=O)CC1(N2CCOCC2)CCCC1. The van der Waals surface area contributed by atoms with Gasteiger partial charge in [-0.25, -0.2) is 0 Å². The Hall–Kier alpha value is -0.650. The van der Waals surface area contributed by atoms with E-state index in [9.17, 15) is 4.79 Å². The zero-order valence-corrected chi connectivity index (χ0v) is 12.9. The summed E-state index contributed by atoms with van der Waals surface area (Å²) in [5.74, 6) is 0.136. The fraction of sp³-hybridized carbons (Fsp3) is 0.933. The van der Waals surface area contributed by atoms with E-state index in [0.29, 0.717) is 13.0 Å². The van der Waals surface area contributed by atoms with Gasteiger partial charge in [0.25, 0.3) is 0 Å². The number of morpholine rings is 1. The summed E-state index contributed by atoms with van der Waals surface area (Å²) in [6.07, 6.45) is 5.32. The van der Waals surface area contributed by atoms with Crippen LogP contribution in [0.1, 0.15) is 46.0 Å². The van der Waals surface area contributed by atoms with Gasteiger partial charge in [0.2, 0.25) is 5.91 Å². The van der Waals surface area contributed by atoms with Crippen LogP contribution in [0.3, 0.4) is 0 Å². The molecule has 5 heteroatoms. The summed E-state index contributed by atoms with van der Waals surface area (Å²) in [6.45, 7) is 7.88. The molecule has 1 heterocycles. The molecule has 1 amide bonds. The average molecular weight is 283 g/mol. The van der Waals surface area contributed by atoms with Gasteiger partial charge in [-0.1, -0.05) is 12.8 Å². The number of amides is 1. The van der Waals surface area contributed by atoms with Gasteiger partial charge in [0.15, 0.2) is 0 Å². The minimum absolute atomic E-state index is 0.0621. The molecule has 1 aliphatic heterocycles. The highest BCUT2D eigenvalue weighted by Crippen LogP contribution is 2.38. The third kappa shape index (κ3) is 4.17. The predicted octanol–water partition coefficient (Wildman–Crippen LogP) is 0.875. The second kappa shape index (κ2) is 6.41. The largest absolute Gasteiger partial charge is 0.379 e. The van der Waals surface area contributed by atoms with Crippen molar-refractivity contribution < 1.29 is 9.53 Å². The third-order valence-electron chi connectivity index (χ3n) is 4.45. The summed E-state index contributed by atoms with van der Waals surface area (Å²) >= 11 is 0. The number of ether oxygens (including phenoxy) is 1. The van der Waals surface area contributed by atoms with Crippen LogP contribution in [0.5, 0.6) is 0 Å². The van der Waals surface area contributed by atoms with Crippen molar-refractivity contribution in [3.8, 4) is 0 Å². The Kier molecular flexibility index (Phi) is 5.04. The summed E-state index contributed by atoms with van der Waals surface area (Å²) in [5.41, 5.74) is 5.64. The molecule has 0 atom stereocenters. The van der Waals surface area contributed by atoms with Gasteiger partial charge in [-0.3, -0.25) is 9.69 Å². The van der Waals surface area contributed by atoms with E-state index in [0.717, 1.165) is 39.1 Å². The van der Waals surface area contributed by atoms with Crippen molar-refractivity contribution in [2.24, 2.45) is 5.73 Å². The Morgan fingerprint density at radius 2 is 1.90 bits per heavy atom. The Bertz CT molecular complexity index is 327. The molecule has 0 aromatic carbocycles. The fourth-order valence-electron chi connectivity index (χ4n) is 3.36. The molecule has 1 saturated carbocycles. The summed E-state index contributed by atoms with van der Waals surface area (Å²) in [5, 5.41) is 2.99. The Morgan fingerprint density at radius 3 is 2.45 bits per heavy atom. The molecular weight excluding hydrogens is 254 g/mol. The van der Waals surface area contributed by atoms with E-state index < -0.39 is 0 Å². The summed E-state index contributed by atoms with van der Waals surface area (Å²) in [4.78, 5) is 14.8. The van der Waals surface area contributed by atoms with Crippen molar-refractivity contribution in [2.45, 2.75) is 57.0 Å². The van der Waals surface area contributed by atoms with Crippen LogP contribution >= 0.6 is 0 Å². The molecule has 0 aromatic heterocycles. The van der Waals surface area contributed by atoms with Crippen LogP contribution < -0.4 is 11.1 Å². The smallest absolute Gasteiger partial charge is 0.221 e. The van der Waals surface area contributed by atoms with Crippen molar-refractivity contribution in [2.75, 3.05) is 32.8 Å². The number of hydrogen-bond acceptors (Lipinski definition) is 4. The highest BCUT2D eigenvalue weighted by atomic mass is 16.5. The van der Waals surface area contributed by atoms with Gasteiger partial charge in [-0.15, -0.1) is 0 Å². The van der Waals surface area contributed by atoms with Crippen LogP contribution in [-0.2, 0) is 9.53 Å². The second-order valence-corrected chi connectivity index (χ2v) is 6.97. The number of hydrogen-bond donors (Lipinski definition) is 2. The lowest BCUT2D eigenvalue weighted by molar-refractivity contribution is -0.125. The van der Waals surface area contributed by atoms with E-state index in [1.165, 1.54) is 12.8 Å². The maximum atomic E-state index is 12.3. The van der Waals surface area contributed by atoms with E-state index in [1.54, 1.807) is 0 Å². The Labute approximate surface area is 122 Å². The van der Waals surface area contributed by atoms with Gasteiger partial charge < -0.3 is 15.8 Å². The van der Waals surface area contributed by atoms with Crippen LogP contribution in [0, 0.1) is 0 Å². The van der Waals surface area contributed by atoms with E-state index in [-0.39, 0.29) is 17.0 Å². The van der Waals surface area contributed by atoms with Gasteiger partial charge in [-0.05, 0) is 26.7 Å². The van der Waals surface area contributed by atoms with Crippen LogP contribution in [0.4, 0.5) is 0 Å². The molecule has 2 rings (SSSR count). The standard InChI is InChI=1S/C15H29N3O2/c1-14(2,16)12-17-13(19)11-15(5-3-4-6-15)18-7-9-20-10-8-18/h3-12,16H2,1-2H3,(H,17,19). The summed E-state index contributed by atoms with van der Waals surface area (Å²) in [7, 11) is 0. The fourth-order valence-corrected chi connectivity index (χ4v) is 3.36. The molecule has 1 aliphatic carbocycles. The molecule has 3 N–H and O–H groups in total. The van der Waals surface area contributed by atoms with Crippen molar-refractivity contribution in [3.63, 3.8) is 0 Å². The average Bonchev–Trinajstić information content (AvgIpc) is 2.86. The topological polar surface area (TPSA) is 67.6 Å². The molecule has 0 unspecified atom stereocenters. The molecule has 0 bridgehead atoms. The number of rotatable bonds is 5. The molecule has 0 spiro atoms. The number of nitrogens with zero attached hydrogens (tertiary/aromatic N) is 1. The van der Waals surface area contributed by atoms with E-state index in [1.807, 2.05) is 13.8 Å². The zero-order chi connectivity index (χ0) is 14.6. The molecular formula is C15H29N3O2. The first-order valence-corrected chi connectivity index (χ1v) is 7.80. The lowest BCUT2D eigenvalue weighted by Gasteiger charge is -2.43. The lowest BCUT2D eigenvalue weighted by Crippen LogP contribution is -2.54. The number of nitrogens with two attached hydrogens (primary N) is 1. The number of carbonyl (C=O) groups is 1. The normalized spacial score (nSPS) is 23.8. The quantitative estimate of drug-likeness (QED) is 0.786. The highest BCUT2D eigenvalue weighted by molar-refractivity contribution is 5.77. The molecule has 2 fully saturated rings. The van der Waals surface area contributed by atoms with Gasteiger partial charge in [0, 0.05) is 37.1 Å². The second-order valence-electron chi connectivity index (χ2n) is 6.97. The molecule has 5 nitrogen and oxygen atoms in total. The Balaban J connectivity index is 1.93. The molecule has 116 valence electrons. The predicted molar refractivity (Wildman–Crippen MR) is 79.5 cm³/mol. The van der Waals surface area contributed by atoms with Crippen LogP contribution in [-0.4, -0.2) is 54.7 Å². The minimum atomic E-state index is -0.350. The maximum Gasteiger partial charge on any atom is 0.221 e. The van der Waals surface area contributed by atoms with E-state index in [4.69, 9.17) is 10.5 Å². The third-order valence-corrected chi connectivity index (χ3v) is 4.45. The maximum absolute atomic E-state index is 12.3. The number of nitrogens with one attached hydrogen (secondary N) is 1. The highest BCUT2D eigenvalue weighted by Gasteiger charge is 2.41. The van der Waals surface area contributed by atoms with Gasteiger partial charge in [0.05, 0.1) is 13.2 Å². The zero-order valence-electron chi connectivity index (χ0n) is 12.9. The summed E-state index contributed by atoms with van der Waals surface area (Å²) < 4.78 is 5.44. The van der Waals surface area contributed by atoms with E-state index in [2.05, 4.69) is 10.2 Å². The van der Waals surface area contributed by atoms with Gasteiger partial charge >= 0.3 is 0 Å². The first-order chi connectivity index (χ1) is 9.41. The van der Waals surface area contributed by atoms with Crippen molar-refractivity contribution in [1.29, 1.82) is 0 Å². The van der Waals surface area contributed by atoms with Gasteiger partial charge in [0.1, 0.15) is 0 Å². The first kappa shape index (κ1) is 15.7. The van der Waals surface area contributed by atoms with Crippen molar-refractivity contribution in [3.05, 3.63) is 0 Å². The minimum Gasteiger partial charge on any atom is -0.379 e. The van der Waals surface area contributed by atoms with Crippen LogP contribution in [0.2, 0.25) is 0 Å². The van der Waals surface area contributed by atoms with E-state index >= 15 is 0 Å². The molecule has 2 aliphatic rings. The molecule has 0 radical (unpaired) electrons. The molecule has 0 aromatic rings. The lowest BCUT2D eigenvalue weighted by atomic mass is 9.89. The first-order valence-electron chi connectivity index (χ1n) is 7.80. The van der Waals surface area contributed by atoms with Crippen molar-refractivity contribution >= 4 is 5.91 Å². The summed E-state index contributed by atoms with van der Waals surface area (Å²) in [6, 6.07) is 0. The number of carbonyl (C=O) groups excluding carboxylic acids is 1.